The fourth-order valence-electron chi connectivity index (χ4n) is 1.54. The summed E-state index contributed by atoms with van der Waals surface area (Å²) in [6.07, 6.45) is 0. The van der Waals surface area contributed by atoms with Crippen molar-refractivity contribution in [2.75, 3.05) is 43.9 Å². The van der Waals surface area contributed by atoms with Crippen LogP contribution in [0, 0.1) is 0 Å². The fraction of sp³-hybridized carbons (Fsp3) is 0.556. The molecule has 2 rings (SSSR count). The van der Waals surface area contributed by atoms with Gasteiger partial charge in [0.05, 0.1) is 0 Å². The van der Waals surface area contributed by atoms with Crippen LogP contribution in [0.5, 0.6) is 0 Å². The molecule has 0 spiro atoms. The zero-order valence-corrected chi connectivity index (χ0v) is 8.35. The highest BCUT2D eigenvalue weighted by atomic mass is 15.3. The van der Waals surface area contributed by atoms with Crippen LogP contribution >= 0.6 is 0 Å². The van der Waals surface area contributed by atoms with Crippen molar-refractivity contribution in [1.82, 2.24) is 15.1 Å². The molecule has 5 heteroatoms. The predicted octanol–water partition coefficient (Wildman–Crippen LogP) is -0.189. The summed E-state index contributed by atoms with van der Waals surface area (Å²) in [4.78, 5) is 4.54. The molecule has 0 amide bonds. The average Bonchev–Trinajstić information content (AvgIpc) is 2.21. The van der Waals surface area contributed by atoms with Gasteiger partial charge in [0.2, 0.25) is 0 Å². The van der Waals surface area contributed by atoms with Gasteiger partial charge >= 0.3 is 0 Å². The van der Waals surface area contributed by atoms with E-state index in [0.717, 1.165) is 32.0 Å². The number of hydrogen-bond acceptors (Lipinski definition) is 5. The zero-order chi connectivity index (χ0) is 9.97. The van der Waals surface area contributed by atoms with Gasteiger partial charge < -0.3 is 15.5 Å². The molecular weight excluding hydrogens is 178 g/mol. The van der Waals surface area contributed by atoms with Crippen molar-refractivity contribution in [3.8, 4) is 0 Å². The molecule has 1 aromatic rings. The zero-order valence-electron chi connectivity index (χ0n) is 8.35. The highest BCUT2D eigenvalue weighted by molar-refractivity contribution is 5.41. The van der Waals surface area contributed by atoms with Gasteiger partial charge in [-0.1, -0.05) is 0 Å². The molecule has 0 aliphatic carbocycles. The minimum Gasteiger partial charge on any atom is -0.382 e. The number of nitrogen functional groups attached to an aromatic ring is 1. The van der Waals surface area contributed by atoms with Gasteiger partial charge in [-0.3, -0.25) is 0 Å². The van der Waals surface area contributed by atoms with Crippen molar-refractivity contribution in [3.05, 3.63) is 12.1 Å². The van der Waals surface area contributed by atoms with Gasteiger partial charge in [0.1, 0.15) is 5.82 Å². The van der Waals surface area contributed by atoms with E-state index in [4.69, 9.17) is 5.73 Å². The van der Waals surface area contributed by atoms with Crippen molar-refractivity contribution < 1.29 is 0 Å². The molecule has 0 radical (unpaired) electrons. The lowest BCUT2D eigenvalue weighted by Gasteiger charge is -2.32. The van der Waals surface area contributed by atoms with E-state index in [1.807, 2.05) is 6.07 Å². The van der Waals surface area contributed by atoms with Crippen LogP contribution < -0.4 is 10.6 Å². The maximum atomic E-state index is 5.48. The summed E-state index contributed by atoms with van der Waals surface area (Å²) in [5.74, 6) is 1.40. The molecule has 0 bridgehead atoms. The van der Waals surface area contributed by atoms with Gasteiger partial charge in [-0.05, 0) is 19.2 Å². The van der Waals surface area contributed by atoms with Gasteiger partial charge in [0, 0.05) is 26.2 Å². The first kappa shape index (κ1) is 9.21. The average molecular weight is 193 g/mol. The molecule has 1 aliphatic rings. The third kappa shape index (κ3) is 1.93. The fourth-order valence-corrected chi connectivity index (χ4v) is 1.54. The van der Waals surface area contributed by atoms with Gasteiger partial charge in [0.15, 0.2) is 5.82 Å². The van der Waals surface area contributed by atoms with E-state index in [-0.39, 0.29) is 0 Å². The summed E-state index contributed by atoms with van der Waals surface area (Å²) in [7, 11) is 2.13. The van der Waals surface area contributed by atoms with Crippen LogP contribution in [0.4, 0.5) is 11.6 Å². The summed E-state index contributed by atoms with van der Waals surface area (Å²) in [5, 5.41) is 7.91. The molecule has 1 aromatic heterocycles. The quantitative estimate of drug-likeness (QED) is 0.670. The number of nitrogens with two attached hydrogens (primary N) is 1. The molecule has 1 aliphatic heterocycles. The molecular formula is C9H15N5. The van der Waals surface area contributed by atoms with Crippen LogP contribution in [0.15, 0.2) is 12.1 Å². The first-order chi connectivity index (χ1) is 6.75. The normalized spacial score (nSPS) is 18.5. The van der Waals surface area contributed by atoms with Crippen LogP contribution in [0.2, 0.25) is 0 Å². The molecule has 76 valence electrons. The molecule has 1 fully saturated rings. The van der Waals surface area contributed by atoms with Crippen molar-refractivity contribution in [3.63, 3.8) is 0 Å². The largest absolute Gasteiger partial charge is 0.382 e. The van der Waals surface area contributed by atoms with E-state index in [1.165, 1.54) is 0 Å². The summed E-state index contributed by atoms with van der Waals surface area (Å²) in [6, 6.07) is 3.72. The van der Waals surface area contributed by atoms with Crippen LogP contribution in [-0.2, 0) is 0 Å². The van der Waals surface area contributed by atoms with Crippen LogP contribution in [0.3, 0.4) is 0 Å². The Bertz CT molecular complexity index is 289. The lowest BCUT2D eigenvalue weighted by atomic mass is 10.3. The molecule has 0 saturated carbocycles. The molecule has 2 heterocycles. The Morgan fingerprint density at radius 2 is 1.86 bits per heavy atom. The summed E-state index contributed by atoms with van der Waals surface area (Å²) < 4.78 is 0. The molecule has 14 heavy (non-hydrogen) atoms. The van der Waals surface area contributed by atoms with E-state index in [9.17, 15) is 0 Å². The number of piperazine rings is 1. The number of anilines is 2. The molecule has 0 aromatic carbocycles. The van der Waals surface area contributed by atoms with Crippen LogP contribution in [-0.4, -0.2) is 48.3 Å². The third-order valence-corrected chi connectivity index (χ3v) is 2.50. The highest BCUT2D eigenvalue weighted by Crippen LogP contribution is 2.12. The van der Waals surface area contributed by atoms with Gasteiger partial charge in [-0.2, -0.15) is 0 Å². The minimum atomic E-state index is 0.475. The Morgan fingerprint density at radius 1 is 1.14 bits per heavy atom. The van der Waals surface area contributed by atoms with Crippen LogP contribution in [0.25, 0.3) is 0 Å². The number of nitrogens with zero attached hydrogens (tertiary/aromatic N) is 4. The number of aromatic nitrogens is 2. The third-order valence-electron chi connectivity index (χ3n) is 2.50. The number of likely N-dealkylation sites (N-methyl/N-ethyl adjacent to an activating group) is 1. The van der Waals surface area contributed by atoms with E-state index < -0.39 is 0 Å². The van der Waals surface area contributed by atoms with E-state index in [0.29, 0.717) is 5.82 Å². The molecule has 2 N–H and O–H groups in total. The lowest BCUT2D eigenvalue weighted by molar-refractivity contribution is 0.312. The molecule has 5 nitrogen and oxygen atoms in total. The van der Waals surface area contributed by atoms with Crippen molar-refractivity contribution in [2.45, 2.75) is 0 Å². The van der Waals surface area contributed by atoms with E-state index >= 15 is 0 Å². The second-order valence-corrected chi connectivity index (χ2v) is 3.61. The Labute approximate surface area is 83.5 Å². The Balaban J connectivity index is 2.05. The van der Waals surface area contributed by atoms with Gasteiger partial charge in [-0.25, -0.2) is 0 Å². The van der Waals surface area contributed by atoms with Gasteiger partial charge in [0.25, 0.3) is 0 Å². The topological polar surface area (TPSA) is 58.3 Å². The number of rotatable bonds is 1. The smallest absolute Gasteiger partial charge is 0.151 e. The summed E-state index contributed by atoms with van der Waals surface area (Å²) in [5.41, 5.74) is 5.48. The summed E-state index contributed by atoms with van der Waals surface area (Å²) >= 11 is 0. The Hall–Kier alpha value is -1.36. The monoisotopic (exact) mass is 193 g/mol. The van der Waals surface area contributed by atoms with Crippen molar-refractivity contribution in [1.29, 1.82) is 0 Å². The van der Waals surface area contributed by atoms with Crippen molar-refractivity contribution >= 4 is 11.6 Å². The Kier molecular flexibility index (Phi) is 2.49. The second kappa shape index (κ2) is 3.79. The number of hydrogen-bond donors (Lipinski definition) is 1. The summed E-state index contributed by atoms with van der Waals surface area (Å²) in [6.45, 7) is 4.17. The van der Waals surface area contributed by atoms with E-state index in [2.05, 4.69) is 27.0 Å². The maximum Gasteiger partial charge on any atom is 0.151 e. The van der Waals surface area contributed by atoms with Gasteiger partial charge in [-0.15, -0.1) is 10.2 Å². The van der Waals surface area contributed by atoms with Crippen molar-refractivity contribution in [2.24, 2.45) is 0 Å². The van der Waals surface area contributed by atoms with Crippen LogP contribution in [0.1, 0.15) is 0 Å². The first-order valence-corrected chi connectivity index (χ1v) is 4.78. The SMILES string of the molecule is CN1CCN(c2ccc(N)nn2)CC1. The molecule has 0 unspecified atom stereocenters. The second-order valence-electron chi connectivity index (χ2n) is 3.61. The van der Waals surface area contributed by atoms with E-state index in [1.54, 1.807) is 6.07 Å². The minimum absolute atomic E-state index is 0.475. The highest BCUT2D eigenvalue weighted by Gasteiger charge is 2.14. The standard InChI is InChI=1S/C9H15N5/c1-13-4-6-14(7-5-13)9-3-2-8(10)11-12-9/h2-3H,4-7H2,1H3,(H2,10,11). The maximum absolute atomic E-state index is 5.48. The lowest BCUT2D eigenvalue weighted by Crippen LogP contribution is -2.44. The first-order valence-electron chi connectivity index (χ1n) is 4.78. The molecule has 1 saturated heterocycles. The molecule has 0 atom stereocenters. The predicted molar refractivity (Wildman–Crippen MR) is 56.2 cm³/mol. The Morgan fingerprint density at radius 3 is 2.43 bits per heavy atom.